The highest BCUT2D eigenvalue weighted by Gasteiger charge is 2.41. The summed E-state index contributed by atoms with van der Waals surface area (Å²) in [6.07, 6.45) is 1.87. The van der Waals surface area contributed by atoms with Crippen LogP contribution in [0.2, 0.25) is 0 Å². The fraction of sp³-hybridized carbons (Fsp3) is 0.407. The van der Waals surface area contributed by atoms with Crippen molar-refractivity contribution in [3.8, 4) is 5.69 Å². The molecule has 2 aromatic heterocycles. The Morgan fingerprint density at radius 3 is 2.31 bits per heavy atom. The van der Waals surface area contributed by atoms with Gasteiger partial charge in [-0.1, -0.05) is 37.6 Å². The highest BCUT2D eigenvalue weighted by atomic mass is 32.1. The normalized spacial score (nSPS) is 18.5. The summed E-state index contributed by atoms with van der Waals surface area (Å²) in [4.78, 5) is 7.05. The zero-order valence-corrected chi connectivity index (χ0v) is 21.0. The van der Waals surface area contributed by atoms with Crippen molar-refractivity contribution >= 4 is 17.3 Å². The van der Waals surface area contributed by atoms with Crippen molar-refractivity contribution in [2.75, 3.05) is 6.54 Å². The lowest BCUT2D eigenvalue weighted by Gasteiger charge is -2.29. The van der Waals surface area contributed by atoms with Gasteiger partial charge in [0.05, 0.1) is 23.5 Å². The van der Waals surface area contributed by atoms with Gasteiger partial charge >= 0.3 is 0 Å². The van der Waals surface area contributed by atoms with E-state index in [0.717, 1.165) is 17.4 Å². The molecule has 32 heavy (non-hydrogen) atoms. The number of rotatable bonds is 5. The predicted octanol–water partition coefficient (Wildman–Crippen LogP) is 6.04. The van der Waals surface area contributed by atoms with E-state index < -0.39 is 0 Å². The molecule has 168 valence electrons. The van der Waals surface area contributed by atoms with Crippen molar-refractivity contribution < 1.29 is 0 Å². The third-order valence-corrected chi connectivity index (χ3v) is 6.76. The lowest BCUT2D eigenvalue weighted by molar-refractivity contribution is 0.287. The molecule has 3 aromatic rings. The summed E-state index contributed by atoms with van der Waals surface area (Å²) in [6, 6.07) is 13.1. The monoisotopic (exact) mass is 446 g/mol. The summed E-state index contributed by atoms with van der Waals surface area (Å²) in [7, 11) is 0. The van der Waals surface area contributed by atoms with Gasteiger partial charge in [-0.15, -0.1) is 0 Å². The van der Waals surface area contributed by atoms with Crippen molar-refractivity contribution in [1.29, 1.82) is 0 Å². The fourth-order valence-corrected chi connectivity index (χ4v) is 5.61. The largest absolute Gasteiger partial charge is 0.352 e. The molecule has 1 saturated heterocycles. The van der Waals surface area contributed by atoms with E-state index in [1.165, 1.54) is 39.3 Å². The van der Waals surface area contributed by atoms with Gasteiger partial charge in [0.1, 0.15) is 0 Å². The zero-order chi connectivity index (χ0) is 23.2. The second-order valence-electron chi connectivity index (χ2n) is 9.58. The Kier molecular flexibility index (Phi) is 6.13. The van der Waals surface area contributed by atoms with Crippen molar-refractivity contribution in [1.82, 2.24) is 19.8 Å². The average Bonchev–Trinajstić information content (AvgIpc) is 3.18. The van der Waals surface area contributed by atoms with Gasteiger partial charge in [0.25, 0.3) is 0 Å². The number of thiocarbonyl (C=S) groups is 1. The van der Waals surface area contributed by atoms with Gasteiger partial charge in [-0.05, 0) is 87.6 Å². The maximum Gasteiger partial charge on any atom is 0.170 e. The maximum absolute atomic E-state index is 5.83. The van der Waals surface area contributed by atoms with E-state index in [0.29, 0.717) is 5.92 Å². The van der Waals surface area contributed by atoms with E-state index >= 15 is 0 Å². The second-order valence-corrected chi connectivity index (χ2v) is 9.97. The molecule has 0 amide bonds. The number of hydrogen-bond donors (Lipinski definition) is 1. The number of aryl methyl sites for hydroxylation is 4. The molecule has 1 fully saturated rings. The molecule has 2 atom stereocenters. The van der Waals surface area contributed by atoms with Crippen LogP contribution in [0.3, 0.4) is 0 Å². The van der Waals surface area contributed by atoms with Gasteiger partial charge in [-0.25, -0.2) is 0 Å². The third kappa shape index (κ3) is 3.95. The van der Waals surface area contributed by atoms with Gasteiger partial charge in [0.15, 0.2) is 5.11 Å². The first kappa shape index (κ1) is 22.5. The minimum absolute atomic E-state index is 0.0246. The van der Waals surface area contributed by atoms with E-state index in [1.807, 2.05) is 12.3 Å². The van der Waals surface area contributed by atoms with Crippen molar-refractivity contribution in [2.24, 2.45) is 5.92 Å². The van der Waals surface area contributed by atoms with Crippen LogP contribution in [-0.2, 0) is 0 Å². The Hall–Kier alpha value is -2.66. The minimum atomic E-state index is 0.0246. The molecule has 0 spiro atoms. The smallest absolute Gasteiger partial charge is 0.170 e. The van der Waals surface area contributed by atoms with Crippen LogP contribution in [0.4, 0.5) is 0 Å². The topological polar surface area (TPSA) is 33.1 Å². The highest BCUT2D eigenvalue weighted by molar-refractivity contribution is 7.80. The van der Waals surface area contributed by atoms with Crippen LogP contribution >= 0.6 is 12.2 Å². The Balaban J connectivity index is 1.88. The van der Waals surface area contributed by atoms with Crippen LogP contribution in [0, 0.1) is 40.5 Å². The van der Waals surface area contributed by atoms with E-state index in [1.54, 1.807) is 0 Å². The molecular formula is C27H34N4S. The van der Waals surface area contributed by atoms with Crippen LogP contribution in [0.25, 0.3) is 5.69 Å². The Morgan fingerprint density at radius 1 is 1.03 bits per heavy atom. The maximum atomic E-state index is 5.83. The molecule has 4 nitrogen and oxygen atoms in total. The first-order valence-corrected chi connectivity index (χ1v) is 11.8. The van der Waals surface area contributed by atoms with E-state index in [9.17, 15) is 0 Å². The molecule has 0 bridgehead atoms. The molecule has 1 aliphatic rings. The number of nitrogens with one attached hydrogen (secondary N) is 1. The van der Waals surface area contributed by atoms with Crippen molar-refractivity contribution in [3.63, 3.8) is 0 Å². The van der Waals surface area contributed by atoms with Crippen molar-refractivity contribution in [2.45, 2.75) is 60.5 Å². The standard InChI is InChI=1S/C27H34N4S/c1-16(2)15-30-26(24(29-27(30)32)23-10-8-9-11-28-23)22-14-20(6)31(21(22)7)25-18(4)12-17(3)13-19(25)5/h8-14,16,24,26H,15H2,1-7H3,(H,29,32)/t24-,26-/m1/s1. The molecule has 1 aromatic carbocycles. The molecular weight excluding hydrogens is 412 g/mol. The summed E-state index contributed by atoms with van der Waals surface area (Å²) in [5.41, 5.74) is 10.0. The van der Waals surface area contributed by atoms with E-state index in [4.69, 9.17) is 12.2 Å². The molecule has 0 unspecified atom stereocenters. The van der Waals surface area contributed by atoms with Crippen LogP contribution in [0.1, 0.15) is 65.3 Å². The first-order chi connectivity index (χ1) is 15.2. The minimum Gasteiger partial charge on any atom is -0.352 e. The van der Waals surface area contributed by atoms with Crippen LogP contribution in [-0.4, -0.2) is 26.1 Å². The summed E-state index contributed by atoms with van der Waals surface area (Å²) in [6.45, 7) is 16.4. The summed E-state index contributed by atoms with van der Waals surface area (Å²) in [5.74, 6) is 0.504. The van der Waals surface area contributed by atoms with E-state index in [-0.39, 0.29) is 12.1 Å². The molecule has 5 heteroatoms. The van der Waals surface area contributed by atoms with Gasteiger partial charge in [0.2, 0.25) is 0 Å². The molecule has 0 radical (unpaired) electrons. The second kappa shape index (κ2) is 8.70. The Morgan fingerprint density at radius 2 is 1.72 bits per heavy atom. The summed E-state index contributed by atoms with van der Waals surface area (Å²) >= 11 is 5.83. The Bertz CT molecular complexity index is 1120. The zero-order valence-electron chi connectivity index (χ0n) is 20.2. The number of aromatic nitrogens is 2. The summed E-state index contributed by atoms with van der Waals surface area (Å²) < 4.78 is 2.42. The van der Waals surface area contributed by atoms with E-state index in [2.05, 4.69) is 98.6 Å². The molecule has 0 aliphatic carbocycles. The lowest BCUT2D eigenvalue weighted by Crippen LogP contribution is -2.33. The fourth-order valence-electron chi connectivity index (χ4n) is 5.29. The Labute approximate surface area is 197 Å². The van der Waals surface area contributed by atoms with Crippen molar-refractivity contribution in [3.05, 3.63) is 81.9 Å². The molecule has 1 aliphatic heterocycles. The number of nitrogens with zero attached hydrogens (tertiary/aromatic N) is 3. The van der Waals surface area contributed by atoms with Gasteiger partial charge in [0, 0.05) is 24.1 Å². The number of pyridine rings is 1. The third-order valence-electron chi connectivity index (χ3n) is 6.41. The van der Waals surface area contributed by atoms with Crippen LogP contribution in [0.5, 0.6) is 0 Å². The SMILES string of the molecule is Cc1cc(C)c(-n2c(C)cc([C@@H]3[C@@H](c4ccccn4)NC(=S)N3CC(C)C)c2C)c(C)c1. The van der Waals surface area contributed by atoms with Gasteiger partial charge < -0.3 is 14.8 Å². The van der Waals surface area contributed by atoms with Crippen LogP contribution in [0.15, 0.2) is 42.6 Å². The quantitative estimate of drug-likeness (QED) is 0.484. The number of hydrogen-bond acceptors (Lipinski definition) is 2. The first-order valence-electron chi connectivity index (χ1n) is 11.4. The summed E-state index contributed by atoms with van der Waals surface area (Å²) in [5, 5.41) is 4.40. The van der Waals surface area contributed by atoms with Gasteiger partial charge in [-0.3, -0.25) is 4.98 Å². The lowest BCUT2D eigenvalue weighted by atomic mass is 9.96. The van der Waals surface area contributed by atoms with Crippen LogP contribution < -0.4 is 5.32 Å². The predicted molar refractivity (Wildman–Crippen MR) is 136 cm³/mol. The molecule has 1 N–H and O–H groups in total. The molecule has 3 heterocycles. The average molecular weight is 447 g/mol. The number of benzene rings is 1. The van der Waals surface area contributed by atoms with Gasteiger partial charge in [-0.2, -0.15) is 0 Å². The molecule has 0 saturated carbocycles. The highest BCUT2D eigenvalue weighted by Crippen LogP contribution is 2.42. The molecule has 4 rings (SSSR count).